The van der Waals surface area contributed by atoms with Gasteiger partial charge in [0, 0.05) is 33.1 Å². The van der Waals surface area contributed by atoms with E-state index in [4.69, 9.17) is 6.58 Å². The zero-order chi connectivity index (χ0) is 36.0. The minimum absolute atomic E-state index is 0.0279. The van der Waals surface area contributed by atoms with Gasteiger partial charge in [-0.25, -0.2) is 0 Å². The number of fused-ring (bicyclic) bond motifs is 9. The molecule has 2 heteroatoms. The van der Waals surface area contributed by atoms with Crippen molar-refractivity contribution in [1.82, 2.24) is 0 Å². The van der Waals surface area contributed by atoms with Crippen molar-refractivity contribution in [3.05, 3.63) is 212 Å². The van der Waals surface area contributed by atoms with Crippen molar-refractivity contribution in [3.63, 3.8) is 0 Å². The molecule has 5 aromatic carbocycles. The highest BCUT2D eigenvalue weighted by Gasteiger charge is 2.48. The molecule has 0 aromatic heterocycles. The molecule has 252 valence electrons. The molecule has 0 saturated heterocycles. The molecule has 0 fully saturated rings. The maximum atomic E-state index is 14.7. The Balaban J connectivity index is 1.25. The van der Waals surface area contributed by atoms with Crippen LogP contribution < -0.4 is 0 Å². The topological polar surface area (TPSA) is 34.1 Å². The molecule has 0 saturated carbocycles. The summed E-state index contributed by atoms with van der Waals surface area (Å²) in [7, 11) is 0. The van der Waals surface area contributed by atoms with E-state index in [1.165, 1.54) is 11.1 Å². The van der Waals surface area contributed by atoms with Crippen molar-refractivity contribution in [1.29, 1.82) is 0 Å². The predicted molar refractivity (Wildman–Crippen MR) is 213 cm³/mol. The molecule has 1 unspecified atom stereocenters. The second-order valence-electron chi connectivity index (χ2n) is 15.6. The molecule has 9 rings (SSSR count). The number of carbonyl (C=O) groups is 2. The minimum atomic E-state index is -0.832. The molecule has 0 heterocycles. The maximum Gasteiger partial charge on any atom is 0.189 e. The van der Waals surface area contributed by atoms with Gasteiger partial charge in [-0.15, -0.1) is 0 Å². The van der Waals surface area contributed by atoms with Crippen LogP contribution >= 0.6 is 0 Å². The number of hydrogen-bond donors (Lipinski definition) is 0. The molecular weight excluding hydrogens is 633 g/mol. The Morgan fingerprint density at radius 1 is 0.558 bits per heavy atom. The molecule has 0 radical (unpaired) electrons. The van der Waals surface area contributed by atoms with Gasteiger partial charge in [0.05, 0.1) is 5.41 Å². The first-order valence-electron chi connectivity index (χ1n) is 18.2. The Morgan fingerprint density at radius 2 is 1.08 bits per heavy atom. The van der Waals surface area contributed by atoms with Crippen LogP contribution in [0.5, 0.6) is 0 Å². The van der Waals surface area contributed by atoms with Gasteiger partial charge in [0.1, 0.15) is 0 Å². The van der Waals surface area contributed by atoms with E-state index < -0.39 is 16.2 Å². The second kappa shape index (κ2) is 11.3. The number of allylic oxidation sites excluding steroid dienone is 7. The normalized spacial score (nSPS) is 21.0. The highest BCUT2D eigenvalue weighted by atomic mass is 16.1. The third kappa shape index (κ3) is 4.37. The monoisotopic (exact) mass is 672 g/mol. The van der Waals surface area contributed by atoms with Crippen molar-refractivity contribution in [2.45, 2.75) is 50.4 Å². The van der Waals surface area contributed by atoms with Gasteiger partial charge in [-0.3, -0.25) is 9.59 Å². The predicted octanol–water partition coefficient (Wildman–Crippen LogP) is 11.3. The van der Waals surface area contributed by atoms with Crippen LogP contribution in [0, 0.1) is 0 Å². The fraction of sp³-hybridized carbons (Fsp3) is 0.160. The van der Waals surface area contributed by atoms with Crippen molar-refractivity contribution < 1.29 is 9.59 Å². The van der Waals surface area contributed by atoms with Crippen LogP contribution in [0.15, 0.2) is 157 Å². The quantitative estimate of drug-likeness (QED) is 0.178. The second-order valence-corrected chi connectivity index (χ2v) is 15.6. The van der Waals surface area contributed by atoms with Crippen LogP contribution in [0.3, 0.4) is 0 Å². The summed E-state index contributed by atoms with van der Waals surface area (Å²) in [6.07, 6.45) is 13.2. The highest BCUT2D eigenvalue weighted by Crippen LogP contribution is 2.58. The summed E-state index contributed by atoms with van der Waals surface area (Å²) in [5, 5.41) is 0. The molecule has 1 atom stereocenters. The Bertz CT molecular complexity index is 2550. The molecule has 0 bridgehead atoms. The van der Waals surface area contributed by atoms with Gasteiger partial charge in [-0.2, -0.15) is 0 Å². The zero-order valence-electron chi connectivity index (χ0n) is 30.1. The summed E-state index contributed by atoms with van der Waals surface area (Å²) in [4.78, 5) is 29.3. The van der Waals surface area contributed by atoms with E-state index in [2.05, 4.69) is 137 Å². The Hall–Kier alpha value is -5.86. The average molecular weight is 673 g/mol. The van der Waals surface area contributed by atoms with Crippen LogP contribution in [-0.2, 0) is 22.7 Å². The van der Waals surface area contributed by atoms with Crippen molar-refractivity contribution >= 4 is 23.7 Å². The largest absolute Gasteiger partial charge is 0.289 e. The number of rotatable bonds is 4. The summed E-state index contributed by atoms with van der Waals surface area (Å²) in [6, 6.07) is 37.5. The third-order valence-corrected chi connectivity index (χ3v) is 12.2. The van der Waals surface area contributed by atoms with Crippen molar-refractivity contribution in [2.75, 3.05) is 0 Å². The lowest BCUT2D eigenvalue weighted by atomic mass is 9.65. The first-order valence-corrected chi connectivity index (χ1v) is 18.2. The van der Waals surface area contributed by atoms with E-state index in [0.29, 0.717) is 17.5 Å². The number of Topliss-reactive ketones (excluding diaryl/α,β-unsaturated/α-hetero) is 2. The standard InChI is InChI=1S/C50H40O2/c1-31-15-7-6-8-16-32-23-24-35(46(51)44-27-33-17-9-12-20-39(33)48(44,2)3)29-42(32)50(31)41-22-14-11-19-37(41)38-26-25-36(30-43(38)50)47(52)45-28-34-18-10-13-21-40(34)49(45,4)5/h6-15,17-30H,1,16H2,2-5H3/b8-6-,15-7-. The van der Waals surface area contributed by atoms with E-state index in [1.807, 2.05) is 36.4 Å². The van der Waals surface area contributed by atoms with Gasteiger partial charge in [0.25, 0.3) is 0 Å². The van der Waals surface area contributed by atoms with Gasteiger partial charge in [0.2, 0.25) is 0 Å². The number of ketones is 2. The van der Waals surface area contributed by atoms with E-state index in [0.717, 1.165) is 61.2 Å². The minimum Gasteiger partial charge on any atom is -0.289 e. The molecular formula is C50H40O2. The summed E-state index contributed by atoms with van der Waals surface area (Å²) < 4.78 is 0. The summed E-state index contributed by atoms with van der Waals surface area (Å²) in [5.41, 5.74) is 13.1. The van der Waals surface area contributed by atoms with Crippen LogP contribution in [0.4, 0.5) is 0 Å². The Labute approximate surface area is 306 Å². The van der Waals surface area contributed by atoms with E-state index in [-0.39, 0.29) is 11.6 Å². The van der Waals surface area contributed by atoms with Crippen LogP contribution in [0.2, 0.25) is 0 Å². The number of carbonyl (C=O) groups excluding carboxylic acids is 2. The van der Waals surface area contributed by atoms with Gasteiger partial charge >= 0.3 is 0 Å². The molecule has 0 amide bonds. The lowest BCUT2D eigenvalue weighted by Gasteiger charge is -2.36. The van der Waals surface area contributed by atoms with Crippen molar-refractivity contribution in [3.8, 4) is 11.1 Å². The molecule has 1 spiro atoms. The smallest absolute Gasteiger partial charge is 0.189 e. The molecule has 0 aliphatic heterocycles. The molecule has 52 heavy (non-hydrogen) atoms. The first-order chi connectivity index (χ1) is 25.0. The Kier molecular flexibility index (Phi) is 6.98. The zero-order valence-corrected chi connectivity index (χ0v) is 30.1. The van der Waals surface area contributed by atoms with E-state index in [9.17, 15) is 9.59 Å². The van der Waals surface area contributed by atoms with Crippen molar-refractivity contribution in [2.24, 2.45) is 0 Å². The first kappa shape index (κ1) is 32.1. The average Bonchev–Trinajstić information content (AvgIpc) is 3.73. The number of benzene rings is 5. The fourth-order valence-electron chi connectivity index (χ4n) is 9.40. The molecule has 2 nitrogen and oxygen atoms in total. The lowest BCUT2D eigenvalue weighted by Crippen LogP contribution is -2.31. The molecule has 5 aromatic rings. The van der Waals surface area contributed by atoms with Crippen LogP contribution in [0.1, 0.15) is 92.9 Å². The van der Waals surface area contributed by atoms with Crippen LogP contribution in [-0.4, -0.2) is 11.6 Å². The molecule has 0 N–H and O–H groups in total. The highest BCUT2D eigenvalue weighted by molar-refractivity contribution is 6.16. The van der Waals surface area contributed by atoms with E-state index in [1.54, 1.807) is 0 Å². The van der Waals surface area contributed by atoms with Crippen LogP contribution in [0.25, 0.3) is 23.3 Å². The summed E-state index contributed by atoms with van der Waals surface area (Å²) in [5.74, 6) is 0.0567. The molecule has 4 aliphatic rings. The molecule has 4 aliphatic carbocycles. The van der Waals surface area contributed by atoms with Gasteiger partial charge < -0.3 is 0 Å². The lowest BCUT2D eigenvalue weighted by molar-refractivity contribution is 0.101. The SMILES string of the molecule is C=C1/C=C\C=C/Cc2ccc(C(=O)C3=Cc4ccccc4C3(C)C)cc2C12c1ccccc1-c1ccc(C(=O)C3=Cc4ccccc4C3(C)C)cc12. The third-order valence-electron chi connectivity index (χ3n) is 12.2. The summed E-state index contributed by atoms with van der Waals surface area (Å²) in [6.45, 7) is 13.3. The fourth-order valence-corrected chi connectivity index (χ4v) is 9.40. The van der Waals surface area contributed by atoms with Gasteiger partial charge in [-0.05, 0) is 91.9 Å². The maximum absolute atomic E-state index is 14.7. The van der Waals surface area contributed by atoms with Gasteiger partial charge in [0.15, 0.2) is 11.6 Å². The number of hydrogen-bond acceptors (Lipinski definition) is 2. The van der Waals surface area contributed by atoms with Gasteiger partial charge in [-0.1, -0.05) is 156 Å². The van der Waals surface area contributed by atoms with E-state index >= 15 is 0 Å². The Morgan fingerprint density at radius 3 is 1.69 bits per heavy atom. The summed E-state index contributed by atoms with van der Waals surface area (Å²) >= 11 is 0.